The maximum Gasteiger partial charge on any atom is 0.237 e. The quantitative estimate of drug-likeness (QED) is 0.581. The number of carbonyl (C=O) groups excluding carboxylic acids is 1. The van der Waals surface area contributed by atoms with Crippen LogP contribution in [0.5, 0.6) is 0 Å². The highest BCUT2D eigenvalue weighted by molar-refractivity contribution is 5.81. The lowest BCUT2D eigenvalue weighted by Gasteiger charge is -2.21. The van der Waals surface area contributed by atoms with Crippen molar-refractivity contribution < 1.29 is 4.79 Å². The Hall–Kier alpha value is -2.17. The van der Waals surface area contributed by atoms with E-state index in [1.54, 1.807) is 0 Å². The van der Waals surface area contributed by atoms with Crippen LogP contribution >= 0.6 is 0 Å². The smallest absolute Gasteiger partial charge is 0.237 e. The SMILES string of the molecule is NCCC[C@@H](N)C(=O)NC(CCc1ccccc1)CCc1ccccc1. The Morgan fingerprint density at radius 2 is 1.35 bits per heavy atom. The van der Waals surface area contributed by atoms with Crippen LogP contribution in [0.15, 0.2) is 60.7 Å². The van der Waals surface area contributed by atoms with E-state index >= 15 is 0 Å². The average molecular weight is 354 g/mol. The van der Waals surface area contributed by atoms with E-state index < -0.39 is 6.04 Å². The van der Waals surface area contributed by atoms with Crippen LogP contribution in [0.3, 0.4) is 0 Å². The molecule has 5 N–H and O–H groups in total. The molecule has 0 heterocycles. The number of hydrogen-bond acceptors (Lipinski definition) is 3. The molecule has 0 bridgehead atoms. The molecule has 4 heteroatoms. The molecule has 2 aromatic carbocycles. The van der Waals surface area contributed by atoms with Crippen LogP contribution in [-0.4, -0.2) is 24.5 Å². The van der Waals surface area contributed by atoms with E-state index in [1.165, 1.54) is 11.1 Å². The fourth-order valence-electron chi connectivity index (χ4n) is 3.04. The monoisotopic (exact) mass is 353 g/mol. The fourth-order valence-corrected chi connectivity index (χ4v) is 3.04. The predicted molar refractivity (Wildman–Crippen MR) is 108 cm³/mol. The molecule has 0 unspecified atom stereocenters. The Balaban J connectivity index is 1.92. The number of nitrogens with one attached hydrogen (secondary N) is 1. The van der Waals surface area contributed by atoms with Gasteiger partial charge < -0.3 is 16.8 Å². The number of nitrogens with two attached hydrogens (primary N) is 2. The van der Waals surface area contributed by atoms with E-state index in [-0.39, 0.29) is 11.9 Å². The first-order valence-electron chi connectivity index (χ1n) is 9.53. The second-order valence-corrected chi connectivity index (χ2v) is 6.79. The van der Waals surface area contributed by atoms with E-state index in [4.69, 9.17) is 11.5 Å². The summed E-state index contributed by atoms with van der Waals surface area (Å²) in [5, 5.41) is 3.16. The first-order valence-corrected chi connectivity index (χ1v) is 9.53. The lowest BCUT2D eigenvalue weighted by atomic mass is 9.98. The fraction of sp³-hybridized carbons (Fsp3) is 0.409. The number of rotatable bonds is 11. The number of amides is 1. The summed E-state index contributed by atoms with van der Waals surface area (Å²) < 4.78 is 0. The zero-order valence-corrected chi connectivity index (χ0v) is 15.4. The van der Waals surface area contributed by atoms with Gasteiger partial charge in [-0.2, -0.15) is 0 Å². The largest absolute Gasteiger partial charge is 0.352 e. The molecule has 0 saturated carbocycles. The number of benzene rings is 2. The maximum atomic E-state index is 12.4. The molecule has 0 aliphatic rings. The molecule has 0 aromatic heterocycles. The Morgan fingerprint density at radius 1 is 0.846 bits per heavy atom. The van der Waals surface area contributed by atoms with Crippen LogP contribution in [0.25, 0.3) is 0 Å². The van der Waals surface area contributed by atoms with Gasteiger partial charge in [-0.25, -0.2) is 0 Å². The Labute approximate surface area is 157 Å². The lowest BCUT2D eigenvalue weighted by Crippen LogP contribution is -2.45. The molecule has 2 rings (SSSR count). The summed E-state index contributed by atoms with van der Waals surface area (Å²) in [4.78, 5) is 12.4. The van der Waals surface area contributed by atoms with Crippen LogP contribution in [0.2, 0.25) is 0 Å². The topological polar surface area (TPSA) is 81.1 Å². The molecule has 1 amide bonds. The van der Waals surface area contributed by atoms with Crippen LogP contribution in [-0.2, 0) is 17.6 Å². The number of aryl methyl sites for hydroxylation is 2. The van der Waals surface area contributed by atoms with Crippen molar-refractivity contribution >= 4 is 5.91 Å². The number of carbonyl (C=O) groups is 1. The first-order chi connectivity index (χ1) is 12.7. The minimum atomic E-state index is -0.477. The average Bonchev–Trinajstić information content (AvgIpc) is 2.69. The van der Waals surface area contributed by atoms with Gasteiger partial charge in [-0.15, -0.1) is 0 Å². The summed E-state index contributed by atoms with van der Waals surface area (Å²) in [5.41, 5.74) is 14.1. The third kappa shape index (κ3) is 7.38. The van der Waals surface area contributed by atoms with Gasteiger partial charge in [-0.05, 0) is 56.2 Å². The molecular weight excluding hydrogens is 322 g/mol. The zero-order valence-electron chi connectivity index (χ0n) is 15.4. The summed E-state index contributed by atoms with van der Waals surface area (Å²) in [6.07, 6.45) is 5.11. The molecule has 4 nitrogen and oxygen atoms in total. The van der Waals surface area contributed by atoms with Crippen molar-refractivity contribution in [2.24, 2.45) is 11.5 Å². The minimum absolute atomic E-state index is 0.0652. The van der Waals surface area contributed by atoms with Crippen molar-refractivity contribution in [2.45, 2.75) is 50.6 Å². The molecule has 0 aliphatic heterocycles. The van der Waals surface area contributed by atoms with E-state index in [9.17, 15) is 4.79 Å². The maximum absolute atomic E-state index is 12.4. The van der Waals surface area contributed by atoms with Crippen LogP contribution in [0.4, 0.5) is 0 Å². The van der Waals surface area contributed by atoms with Crippen molar-refractivity contribution in [2.75, 3.05) is 6.54 Å². The van der Waals surface area contributed by atoms with Gasteiger partial charge >= 0.3 is 0 Å². The molecule has 1 atom stereocenters. The summed E-state index contributed by atoms with van der Waals surface area (Å²) in [7, 11) is 0. The molecule has 0 fully saturated rings. The second-order valence-electron chi connectivity index (χ2n) is 6.79. The van der Waals surface area contributed by atoms with Crippen LogP contribution in [0.1, 0.15) is 36.8 Å². The van der Waals surface area contributed by atoms with Gasteiger partial charge in [0.05, 0.1) is 6.04 Å². The molecule has 0 radical (unpaired) electrons. The normalized spacial score (nSPS) is 12.1. The number of hydrogen-bond donors (Lipinski definition) is 3. The van der Waals surface area contributed by atoms with Crippen LogP contribution < -0.4 is 16.8 Å². The Morgan fingerprint density at radius 3 is 1.81 bits per heavy atom. The second kappa shape index (κ2) is 11.4. The van der Waals surface area contributed by atoms with Crippen molar-refractivity contribution in [3.63, 3.8) is 0 Å². The van der Waals surface area contributed by atoms with Gasteiger partial charge in [0.25, 0.3) is 0 Å². The molecule has 2 aromatic rings. The standard InChI is InChI=1S/C22H31N3O/c23-17-7-12-21(24)22(26)25-20(15-13-18-8-3-1-4-9-18)16-14-19-10-5-2-6-11-19/h1-6,8-11,20-21H,7,12-17,23-24H2,(H,25,26)/t21-/m1/s1. The van der Waals surface area contributed by atoms with Crippen molar-refractivity contribution in [1.82, 2.24) is 5.32 Å². The van der Waals surface area contributed by atoms with Crippen LogP contribution in [0, 0.1) is 0 Å². The first kappa shape index (κ1) is 20.1. The van der Waals surface area contributed by atoms with Gasteiger partial charge in [0.1, 0.15) is 0 Å². The summed E-state index contributed by atoms with van der Waals surface area (Å²) >= 11 is 0. The third-order valence-electron chi connectivity index (χ3n) is 4.65. The zero-order chi connectivity index (χ0) is 18.6. The van der Waals surface area contributed by atoms with E-state index in [0.29, 0.717) is 13.0 Å². The molecule has 0 spiro atoms. The van der Waals surface area contributed by atoms with E-state index in [1.807, 2.05) is 12.1 Å². The van der Waals surface area contributed by atoms with Gasteiger partial charge in [0, 0.05) is 6.04 Å². The van der Waals surface area contributed by atoms with Crippen molar-refractivity contribution in [1.29, 1.82) is 0 Å². The van der Waals surface area contributed by atoms with Gasteiger partial charge in [-0.3, -0.25) is 4.79 Å². The lowest BCUT2D eigenvalue weighted by molar-refractivity contribution is -0.123. The molecule has 0 aliphatic carbocycles. The molecule has 140 valence electrons. The van der Waals surface area contributed by atoms with Crippen molar-refractivity contribution in [3.8, 4) is 0 Å². The Bertz CT molecular complexity index is 587. The summed E-state index contributed by atoms with van der Waals surface area (Å²) in [5.74, 6) is -0.0652. The highest BCUT2D eigenvalue weighted by Gasteiger charge is 2.18. The minimum Gasteiger partial charge on any atom is -0.352 e. The highest BCUT2D eigenvalue weighted by atomic mass is 16.2. The van der Waals surface area contributed by atoms with Crippen molar-refractivity contribution in [3.05, 3.63) is 71.8 Å². The third-order valence-corrected chi connectivity index (χ3v) is 4.65. The Kier molecular flexibility index (Phi) is 8.87. The summed E-state index contributed by atoms with van der Waals surface area (Å²) in [6.45, 7) is 0.562. The van der Waals surface area contributed by atoms with Gasteiger partial charge in [0.2, 0.25) is 5.91 Å². The summed E-state index contributed by atoms with van der Waals surface area (Å²) in [6, 6.07) is 20.4. The highest BCUT2D eigenvalue weighted by Crippen LogP contribution is 2.12. The van der Waals surface area contributed by atoms with Gasteiger partial charge in [-0.1, -0.05) is 60.7 Å². The predicted octanol–water partition coefficient (Wildman–Crippen LogP) is 2.80. The van der Waals surface area contributed by atoms with Gasteiger partial charge in [0.15, 0.2) is 0 Å². The van der Waals surface area contributed by atoms with E-state index in [2.05, 4.69) is 53.8 Å². The molecule has 26 heavy (non-hydrogen) atoms. The molecule has 0 saturated heterocycles. The molecular formula is C22H31N3O. The van der Waals surface area contributed by atoms with E-state index in [0.717, 1.165) is 32.1 Å².